The molecule has 0 saturated carbocycles. The minimum absolute atomic E-state index is 0.0567. The van der Waals surface area contributed by atoms with Gasteiger partial charge in [0.25, 0.3) is 0 Å². The molecule has 3 nitrogen and oxygen atoms in total. The van der Waals surface area contributed by atoms with Gasteiger partial charge in [0.2, 0.25) is 5.91 Å². The van der Waals surface area contributed by atoms with Crippen molar-refractivity contribution < 1.29 is 9.59 Å². The first-order valence-corrected chi connectivity index (χ1v) is 5.68. The fourth-order valence-corrected chi connectivity index (χ4v) is 1.56. The van der Waals surface area contributed by atoms with Gasteiger partial charge < -0.3 is 5.73 Å². The molecule has 0 aliphatic carbocycles. The summed E-state index contributed by atoms with van der Waals surface area (Å²) in [4.78, 5) is 22.4. The number of benzene rings is 1. The van der Waals surface area contributed by atoms with Gasteiger partial charge in [0, 0.05) is 6.42 Å². The molecule has 1 rings (SSSR count). The molecular formula is C14H17NO2. The van der Waals surface area contributed by atoms with Crippen LogP contribution in [0.3, 0.4) is 0 Å². The van der Waals surface area contributed by atoms with Crippen LogP contribution in [-0.2, 0) is 9.59 Å². The summed E-state index contributed by atoms with van der Waals surface area (Å²) in [5.41, 5.74) is 6.24. The van der Waals surface area contributed by atoms with E-state index in [1.165, 1.54) is 6.08 Å². The molecule has 90 valence electrons. The van der Waals surface area contributed by atoms with Gasteiger partial charge in [0.1, 0.15) is 0 Å². The molecule has 0 fully saturated rings. The van der Waals surface area contributed by atoms with E-state index >= 15 is 0 Å². The first-order chi connectivity index (χ1) is 8.15. The van der Waals surface area contributed by atoms with Crippen molar-refractivity contribution in [2.75, 3.05) is 0 Å². The molecule has 0 aromatic heterocycles. The summed E-state index contributed by atoms with van der Waals surface area (Å²) in [5.74, 6) is -0.678. The average molecular weight is 231 g/mol. The Kier molecular flexibility index (Phi) is 5.14. The zero-order chi connectivity index (χ0) is 12.7. The van der Waals surface area contributed by atoms with Gasteiger partial charge in [-0.25, -0.2) is 0 Å². The van der Waals surface area contributed by atoms with Gasteiger partial charge >= 0.3 is 0 Å². The fourth-order valence-electron chi connectivity index (χ4n) is 1.56. The lowest BCUT2D eigenvalue weighted by molar-refractivity contribution is -0.119. The standard InChI is InChI=1S/C14H17NO2/c1-2-12(16)9-6-10-13(14(15)17)11-7-4-3-5-8-11/h3-9,13H,2,10H2,1H3,(H2,15,17)/b9-6+/t13-/m0/s1. The quantitative estimate of drug-likeness (QED) is 0.763. The van der Waals surface area contributed by atoms with Crippen LogP contribution in [-0.4, -0.2) is 11.7 Å². The van der Waals surface area contributed by atoms with E-state index < -0.39 is 0 Å². The van der Waals surface area contributed by atoms with Crippen LogP contribution >= 0.6 is 0 Å². The maximum atomic E-state index is 11.3. The highest BCUT2D eigenvalue weighted by molar-refractivity contribution is 5.89. The summed E-state index contributed by atoms with van der Waals surface area (Å²) in [7, 11) is 0. The molecule has 0 aliphatic rings. The van der Waals surface area contributed by atoms with Crippen molar-refractivity contribution >= 4 is 11.7 Å². The number of ketones is 1. The Morgan fingerprint density at radius 1 is 1.29 bits per heavy atom. The van der Waals surface area contributed by atoms with Crippen LogP contribution in [0.1, 0.15) is 31.2 Å². The molecule has 1 atom stereocenters. The molecule has 17 heavy (non-hydrogen) atoms. The van der Waals surface area contributed by atoms with Crippen LogP contribution in [0.15, 0.2) is 42.5 Å². The Labute approximate surface area is 101 Å². The van der Waals surface area contributed by atoms with Gasteiger partial charge in [-0.15, -0.1) is 0 Å². The van der Waals surface area contributed by atoms with Crippen LogP contribution in [0.2, 0.25) is 0 Å². The number of rotatable bonds is 6. The summed E-state index contributed by atoms with van der Waals surface area (Å²) >= 11 is 0. The van der Waals surface area contributed by atoms with Crippen molar-refractivity contribution in [3.63, 3.8) is 0 Å². The third-order valence-corrected chi connectivity index (χ3v) is 2.57. The molecule has 0 bridgehead atoms. The van der Waals surface area contributed by atoms with Crippen molar-refractivity contribution in [3.8, 4) is 0 Å². The van der Waals surface area contributed by atoms with Gasteiger partial charge in [-0.05, 0) is 18.1 Å². The molecular weight excluding hydrogens is 214 g/mol. The van der Waals surface area contributed by atoms with E-state index in [0.29, 0.717) is 12.8 Å². The van der Waals surface area contributed by atoms with Crippen LogP contribution in [0.5, 0.6) is 0 Å². The van der Waals surface area contributed by atoms with Crippen molar-refractivity contribution in [2.24, 2.45) is 5.73 Å². The number of allylic oxidation sites excluding steroid dienone is 2. The van der Waals surface area contributed by atoms with E-state index in [9.17, 15) is 9.59 Å². The summed E-state index contributed by atoms with van der Waals surface area (Å²) < 4.78 is 0. The lowest BCUT2D eigenvalue weighted by Gasteiger charge is -2.10. The lowest BCUT2D eigenvalue weighted by atomic mass is 9.95. The predicted molar refractivity (Wildman–Crippen MR) is 67.4 cm³/mol. The van der Waals surface area contributed by atoms with Crippen LogP contribution in [0, 0.1) is 0 Å². The Bertz CT molecular complexity index is 409. The highest BCUT2D eigenvalue weighted by Gasteiger charge is 2.15. The summed E-state index contributed by atoms with van der Waals surface area (Å²) in [6, 6.07) is 9.35. The molecule has 0 saturated heterocycles. The van der Waals surface area contributed by atoms with E-state index in [0.717, 1.165) is 5.56 Å². The number of nitrogens with two attached hydrogens (primary N) is 1. The second-order valence-corrected chi connectivity index (χ2v) is 3.82. The molecule has 0 unspecified atom stereocenters. The Hall–Kier alpha value is -1.90. The normalized spacial score (nSPS) is 12.5. The predicted octanol–water partition coefficient (Wildman–Crippen LogP) is 2.18. The maximum Gasteiger partial charge on any atom is 0.225 e. The number of primary amides is 1. The van der Waals surface area contributed by atoms with E-state index in [1.807, 2.05) is 30.3 Å². The van der Waals surface area contributed by atoms with Gasteiger partial charge in [-0.1, -0.05) is 43.3 Å². The Balaban J connectivity index is 2.72. The smallest absolute Gasteiger partial charge is 0.225 e. The average Bonchev–Trinajstić information content (AvgIpc) is 2.34. The van der Waals surface area contributed by atoms with Crippen LogP contribution < -0.4 is 5.73 Å². The zero-order valence-electron chi connectivity index (χ0n) is 9.93. The highest BCUT2D eigenvalue weighted by Crippen LogP contribution is 2.19. The third kappa shape index (κ3) is 4.23. The van der Waals surface area contributed by atoms with Crippen molar-refractivity contribution in [3.05, 3.63) is 48.0 Å². The van der Waals surface area contributed by atoms with E-state index in [1.54, 1.807) is 13.0 Å². The van der Waals surface area contributed by atoms with Gasteiger partial charge in [-0.2, -0.15) is 0 Å². The van der Waals surface area contributed by atoms with Crippen LogP contribution in [0.25, 0.3) is 0 Å². The second-order valence-electron chi connectivity index (χ2n) is 3.82. The number of hydrogen-bond acceptors (Lipinski definition) is 2. The molecule has 1 amide bonds. The summed E-state index contributed by atoms with van der Waals surface area (Å²) in [6.45, 7) is 1.80. The molecule has 0 radical (unpaired) electrons. The molecule has 1 aromatic rings. The van der Waals surface area contributed by atoms with E-state index in [4.69, 9.17) is 5.73 Å². The van der Waals surface area contributed by atoms with E-state index in [-0.39, 0.29) is 17.6 Å². The topological polar surface area (TPSA) is 60.2 Å². The minimum Gasteiger partial charge on any atom is -0.369 e. The number of hydrogen-bond donors (Lipinski definition) is 1. The van der Waals surface area contributed by atoms with Crippen molar-refractivity contribution in [2.45, 2.75) is 25.7 Å². The molecule has 0 aliphatic heterocycles. The lowest BCUT2D eigenvalue weighted by Crippen LogP contribution is -2.20. The Morgan fingerprint density at radius 2 is 1.94 bits per heavy atom. The maximum absolute atomic E-state index is 11.3. The zero-order valence-corrected chi connectivity index (χ0v) is 9.93. The molecule has 3 heteroatoms. The first-order valence-electron chi connectivity index (χ1n) is 5.68. The van der Waals surface area contributed by atoms with Gasteiger partial charge in [-0.3, -0.25) is 9.59 Å². The minimum atomic E-state index is -0.371. The van der Waals surface area contributed by atoms with Crippen molar-refractivity contribution in [1.82, 2.24) is 0 Å². The molecule has 0 spiro atoms. The van der Waals surface area contributed by atoms with Gasteiger partial charge in [0.15, 0.2) is 5.78 Å². The van der Waals surface area contributed by atoms with E-state index in [2.05, 4.69) is 0 Å². The number of carbonyl (C=O) groups excluding carboxylic acids is 2. The largest absolute Gasteiger partial charge is 0.369 e. The third-order valence-electron chi connectivity index (χ3n) is 2.57. The SMILES string of the molecule is CCC(=O)/C=C/C[C@H](C(N)=O)c1ccccc1. The monoisotopic (exact) mass is 231 g/mol. The van der Waals surface area contributed by atoms with Crippen LogP contribution in [0.4, 0.5) is 0 Å². The fraction of sp³-hybridized carbons (Fsp3) is 0.286. The summed E-state index contributed by atoms with van der Waals surface area (Å²) in [5, 5.41) is 0. The molecule has 1 aromatic carbocycles. The summed E-state index contributed by atoms with van der Waals surface area (Å²) in [6.07, 6.45) is 4.17. The number of amides is 1. The highest BCUT2D eigenvalue weighted by atomic mass is 16.1. The van der Waals surface area contributed by atoms with Crippen molar-refractivity contribution in [1.29, 1.82) is 0 Å². The molecule has 0 heterocycles. The van der Waals surface area contributed by atoms with Gasteiger partial charge in [0.05, 0.1) is 5.92 Å². The first kappa shape index (κ1) is 13.2. The number of carbonyl (C=O) groups is 2. The Morgan fingerprint density at radius 3 is 2.47 bits per heavy atom. The molecule has 2 N–H and O–H groups in total. The second kappa shape index (κ2) is 6.63.